The second kappa shape index (κ2) is 12.4. The van der Waals surface area contributed by atoms with Crippen molar-refractivity contribution >= 4 is 52.2 Å². The molecular formula is C30H27ClN2O2S. The predicted octanol–water partition coefficient (Wildman–Crippen LogP) is 7.76. The van der Waals surface area contributed by atoms with Crippen LogP contribution in [0.4, 0.5) is 17.1 Å². The number of halogens is 1. The first-order valence-electron chi connectivity index (χ1n) is 11.8. The summed E-state index contributed by atoms with van der Waals surface area (Å²) in [5, 5.41) is 3.30. The summed E-state index contributed by atoms with van der Waals surface area (Å²) in [4.78, 5) is 29.0. The van der Waals surface area contributed by atoms with E-state index in [1.54, 1.807) is 17.0 Å². The number of nitrogens with one attached hydrogen (secondary N) is 1. The molecule has 1 unspecified atom stereocenters. The fourth-order valence-electron chi connectivity index (χ4n) is 3.81. The standard InChI is InChI=1S/C30H27ClN2O2S/c1-2-28(30(35)33(25-11-5-3-6-12-25)26-13-7-4-8-14-26)36-27-15-9-10-24(21-27)32-29(34)20-22-16-18-23(31)19-17-22/h3-19,21,28H,2,20H2,1H3,(H,32,34). The molecule has 0 spiro atoms. The smallest absolute Gasteiger partial charge is 0.245 e. The number of amides is 2. The van der Waals surface area contributed by atoms with Crippen LogP contribution in [0.15, 0.2) is 114 Å². The van der Waals surface area contributed by atoms with Gasteiger partial charge in [-0.25, -0.2) is 0 Å². The second-order valence-corrected chi connectivity index (χ2v) is 9.95. The Morgan fingerprint density at radius 1 is 0.833 bits per heavy atom. The Balaban J connectivity index is 1.49. The molecule has 0 aliphatic carbocycles. The van der Waals surface area contributed by atoms with Gasteiger partial charge in [-0.05, 0) is 66.6 Å². The van der Waals surface area contributed by atoms with Crippen molar-refractivity contribution < 1.29 is 9.59 Å². The van der Waals surface area contributed by atoms with Crippen molar-refractivity contribution in [3.05, 3.63) is 120 Å². The number of thioether (sulfide) groups is 1. The molecule has 0 fully saturated rings. The Morgan fingerprint density at radius 3 is 2.03 bits per heavy atom. The van der Waals surface area contributed by atoms with Gasteiger partial charge in [0.05, 0.1) is 11.7 Å². The maximum Gasteiger partial charge on any atom is 0.245 e. The molecule has 0 heterocycles. The minimum absolute atomic E-state index is 0.0112. The molecule has 4 rings (SSSR count). The molecule has 4 aromatic carbocycles. The summed E-state index contributed by atoms with van der Waals surface area (Å²) in [5.41, 5.74) is 3.25. The van der Waals surface area contributed by atoms with Crippen LogP contribution >= 0.6 is 23.4 Å². The Kier molecular flexibility index (Phi) is 8.82. The Morgan fingerprint density at radius 2 is 1.44 bits per heavy atom. The zero-order valence-corrected chi connectivity index (χ0v) is 21.5. The zero-order chi connectivity index (χ0) is 25.3. The highest BCUT2D eigenvalue weighted by molar-refractivity contribution is 8.00. The van der Waals surface area contributed by atoms with Crippen LogP contribution in [-0.2, 0) is 16.0 Å². The molecule has 1 N–H and O–H groups in total. The van der Waals surface area contributed by atoms with Crippen molar-refractivity contribution in [3.8, 4) is 0 Å². The molecule has 0 aliphatic rings. The SMILES string of the molecule is CCC(Sc1cccc(NC(=O)Cc2ccc(Cl)cc2)c1)C(=O)N(c1ccccc1)c1ccccc1. The van der Waals surface area contributed by atoms with Crippen LogP contribution in [0.1, 0.15) is 18.9 Å². The van der Waals surface area contributed by atoms with Gasteiger partial charge in [-0.1, -0.05) is 73.1 Å². The lowest BCUT2D eigenvalue weighted by atomic mass is 10.1. The van der Waals surface area contributed by atoms with E-state index in [2.05, 4.69) is 5.32 Å². The van der Waals surface area contributed by atoms with E-state index in [0.717, 1.165) is 21.8 Å². The molecule has 2 amide bonds. The molecule has 0 saturated heterocycles. The van der Waals surface area contributed by atoms with Crippen molar-refractivity contribution in [2.75, 3.05) is 10.2 Å². The van der Waals surface area contributed by atoms with Gasteiger partial charge in [0.15, 0.2) is 0 Å². The molecule has 4 nitrogen and oxygen atoms in total. The summed E-state index contributed by atoms with van der Waals surface area (Å²) in [5.74, 6) is -0.0982. The molecule has 1 atom stereocenters. The number of rotatable bonds is 9. The van der Waals surface area contributed by atoms with Crippen molar-refractivity contribution in [2.24, 2.45) is 0 Å². The average Bonchev–Trinajstić information content (AvgIpc) is 2.90. The fraction of sp³-hybridized carbons (Fsp3) is 0.133. The number of hydrogen-bond donors (Lipinski definition) is 1. The van der Waals surface area contributed by atoms with Crippen LogP contribution in [0.5, 0.6) is 0 Å². The van der Waals surface area contributed by atoms with Gasteiger partial charge < -0.3 is 5.32 Å². The van der Waals surface area contributed by atoms with E-state index in [1.165, 1.54) is 11.8 Å². The number of benzene rings is 4. The number of hydrogen-bond acceptors (Lipinski definition) is 3. The van der Waals surface area contributed by atoms with Crippen molar-refractivity contribution in [1.29, 1.82) is 0 Å². The molecule has 0 bridgehead atoms. The summed E-state index contributed by atoms with van der Waals surface area (Å²) >= 11 is 7.43. The first kappa shape index (κ1) is 25.5. The summed E-state index contributed by atoms with van der Waals surface area (Å²) in [6, 6.07) is 34.2. The predicted molar refractivity (Wildman–Crippen MR) is 150 cm³/mol. The van der Waals surface area contributed by atoms with Crippen LogP contribution in [0.3, 0.4) is 0 Å². The number of carbonyl (C=O) groups excluding carboxylic acids is 2. The lowest BCUT2D eigenvalue weighted by Crippen LogP contribution is -2.34. The summed E-state index contributed by atoms with van der Waals surface area (Å²) in [6.45, 7) is 2.02. The molecule has 0 radical (unpaired) electrons. The summed E-state index contributed by atoms with van der Waals surface area (Å²) in [7, 11) is 0. The quantitative estimate of drug-likeness (QED) is 0.232. The fourth-order valence-corrected chi connectivity index (χ4v) is 4.99. The lowest BCUT2D eigenvalue weighted by Gasteiger charge is -2.27. The van der Waals surface area contributed by atoms with Gasteiger partial charge in [-0.3, -0.25) is 14.5 Å². The summed E-state index contributed by atoms with van der Waals surface area (Å²) in [6.07, 6.45) is 0.917. The molecule has 0 saturated carbocycles. The Hall–Kier alpha value is -3.54. The highest BCUT2D eigenvalue weighted by Gasteiger charge is 2.26. The minimum Gasteiger partial charge on any atom is -0.326 e. The highest BCUT2D eigenvalue weighted by Crippen LogP contribution is 2.33. The number of carbonyl (C=O) groups is 2. The molecule has 36 heavy (non-hydrogen) atoms. The second-order valence-electron chi connectivity index (χ2n) is 8.24. The number of anilines is 3. The van der Waals surface area contributed by atoms with E-state index in [0.29, 0.717) is 17.1 Å². The molecule has 182 valence electrons. The normalized spacial score (nSPS) is 11.5. The van der Waals surface area contributed by atoms with Gasteiger partial charge >= 0.3 is 0 Å². The van der Waals surface area contributed by atoms with E-state index in [-0.39, 0.29) is 23.5 Å². The minimum atomic E-state index is -0.301. The maximum atomic E-state index is 13.8. The first-order valence-corrected chi connectivity index (χ1v) is 13.0. The third kappa shape index (κ3) is 6.78. The molecule has 0 aromatic heterocycles. The van der Waals surface area contributed by atoms with E-state index < -0.39 is 0 Å². The van der Waals surface area contributed by atoms with Gasteiger partial charge in [-0.2, -0.15) is 0 Å². The first-order chi connectivity index (χ1) is 17.5. The molecule has 0 aliphatic heterocycles. The number of nitrogens with zero attached hydrogens (tertiary/aromatic N) is 1. The van der Waals surface area contributed by atoms with Gasteiger partial charge in [0.2, 0.25) is 11.8 Å². The highest BCUT2D eigenvalue weighted by atomic mass is 35.5. The molecule has 6 heteroatoms. The molecular weight excluding hydrogens is 488 g/mol. The zero-order valence-electron chi connectivity index (χ0n) is 19.9. The van der Waals surface area contributed by atoms with Crippen LogP contribution in [0, 0.1) is 0 Å². The van der Waals surface area contributed by atoms with Crippen LogP contribution < -0.4 is 10.2 Å². The van der Waals surface area contributed by atoms with Crippen molar-refractivity contribution in [2.45, 2.75) is 29.9 Å². The summed E-state index contributed by atoms with van der Waals surface area (Å²) < 4.78 is 0. The monoisotopic (exact) mass is 514 g/mol. The Labute approximate surface area is 221 Å². The van der Waals surface area contributed by atoms with Crippen LogP contribution in [0.2, 0.25) is 5.02 Å². The van der Waals surface area contributed by atoms with Crippen LogP contribution in [-0.4, -0.2) is 17.1 Å². The van der Waals surface area contributed by atoms with Gasteiger partial charge in [0.25, 0.3) is 0 Å². The Bertz CT molecular complexity index is 1260. The third-order valence-corrected chi connectivity index (χ3v) is 7.17. The third-order valence-electron chi connectivity index (χ3n) is 5.57. The lowest BCUT2D eigenvalue weighted by molar-refractivity contribution is -0.117. The van der Waals surface area contributed by atoms with E-state index in [1.807, 2.05) is 104 Å². The average molecular weight is 515 g/mol. The van der Waals surface area contributed by atoms with Gasteiger partial charge in [0.1, 0.15) is 0 Å². The van der Waals surface area contributed by atoms with E-state index in [9.17, 15) is 9.59 Å². The number of para-hydroxylation sites is 2. The largest absolute Gasteiger partial charge is 0.326 e. The van der Waals surface area contributed by atoms with E-state index in [4.69, 9.17) is 11.6 Å². The van der Waals surface area contributed by atoms with Crippen LogP contribution in [0.25, 0.3) is 0 Å². The van der Waals surface area contributed by atoms with Gasteiger partial charge in [0, 0.05) is 27.0 Å². The van der Waals surface area contributed by atoms with Gasteiger partial charge in [-0.15, -0.1) is 11.8 Å². The topological polar surface area (TPSA) is 49.4 Å². The van der Waals surface area contributed by atoms with Crippen molar-refractivity contribution in [3.63, 3.8) is 0 Å². The maximum absolute atomic E-state index is 13.8. The van der Waals surface area contributed by atoms with Crippen molar-refractivity contribution in [1.82, 2.24) is 0 Å². The molecule has 4 aromatic rings. The van der Waals surface area contributed by atoms with E-state index >= 15 is 0 Å².